The lowest BCUT2D eigenvalue weighted by atomic mass is 10.1. The molecule has 60 valence electrons. The monoisotopic (exact) mass is 154 g/mol. The fourth-order valence-corrected chi connectivity index (χ4v) is 0.544. The Kier molecular flexibility index (Phi) is 4.91. The third kappa shape index (κ3) is 4.20. The first-order chi connectivity index (χ1) is 5.22. The smallest absolute Gasteiger partial charge is 0.211 e. The number of nitrogens with zero attached hydrogens (tertiary/aromatic N) is 2. The molecule has 0 aliphatic rings. The van der Waals surface area contributed by atoms with E-state index in [4.69, 9.17) is 0 Å². The molecule has 0 amide bonds. The fourth-order valence-electron chi connectivity index (χ4n) is 0.544. The van der Waals surface area contributed by atoms with Crippen molar-refractivity contribution < 1.29 is 9.59 Å². The van der Waals surface area contributed by atoms with Crippen molar-refractivity contribution in [2.24, 2.45) is 15.9 Å². The molecule has 2 unspecified atom stereocenters. The molecule has 0 fully saturated rings. The molecule has 0 bridgehead atoms. The molecule has 0 spiro atoms. The molecule has 0 rings (SSSR count). The highest BCUT2D eigenvalue weighted by Gasteiger charge is 2.09. The summed E-state index contributed by atoms with van der Waals surface area (Å²) in [6.45, 7) is 3.98. The molecule has 4 heteroatoms. The second kappa shape index (κ2) is 5.54. The summed E-state index contributed by atoms with van der Waals surface area (Å²) in [5.74, 6) is 0.0814. The van der Waals surface area contributed by atoms with E-state index in [0.29, 0.717) is 6.54 Å². The van der Waals surface area contributed by atoms with Gasteiger partial charge in [-0.15, -0.1) is 0 Å². The van der Waals surface area contributed by atoms with E-state index in [9.17, 15) is 9.59 Å². The zero-order chi connectivity index (χ0) is 8.69. The van der Waals surface area contributed by atoms with E-state index in [1.54, 1.807) is 6.92 Å². The van der Waals surface area contributed by atoms with Gasteiger partial charge in [0.1, 0.15) is 0 Å². The molecule has 0 aromatic rings. The minimum absolute atomic E-state index is 0.0814. The van der Waals surface area contributed by atoms with Crippen LogP contribution in [-0.2, 0) is 9.59 Å². The van der Waals surface area contributed by atoms with Gasteiger partial charge in [-0.3, -0.25) is 0 Å². The van der Waals surface area contributed by atoms with E-state index < -0.39 is 0 Å². The van der Waals surface area contributed by atoms with E-state index in [1.807, 2.05) is 6.92 Å². The Labute approximate surface area is 65.0 Å². The van der Waals surface area contributed by atoms with Gasteiger partial charge in [-0.05, 0) is 12.8 Å². The highest BCUT2D eigenvalue weighted by molar-refractivity contribution is 5.34. The predicted molar refractivity (Wildman–Crippen MR) is 39.7 cm³/mol. The van der Waals surface area contributed by atoms with Crippen LogP contribution >= 0.6 is 0 Å². The van der Waals surface area contributed by atoms with E-state index in [1.165, 1.54) is 12.2 Å². The highest BCUT2D eigenvalue weighted by atomic mass is 16.1. The zero-order valence-corrected chi connectivity index (χ0v) is 6.57. The number of hydrogen-bond donors (Lipinski definition) is 0. The maximum Gasteiger partial charge on any atom is 0.235 e. The summed E-state index contributed by atoms with van der Waals surface area (Å²) in [5, 5.41) is 0. The van der Waals surface area contributed by atoms with Crippen LogP contribution in [0.4, 0.5) is 0 Å². The summed E-state index contributed by atoms with van der Waals surface area (Å²) < 4.78 is 0. The van der Waals surface area contributed by atoms with Crippen LogP contribution in [0.5, 0.6) is 0 Å². The van der Waals surface area contributed by atoms with Crippen molar-refractivity contribution in [3.63, 3.8) is 0 Å². The fraction of sp³-hybridized carbons (Fsp3) is 0.714. The number of hydrogen-bond acceptors (Lipinski definition) is 4. The lowest BCUT2D eigenvalue weighted by molar-refractivity contribution is 0.485. The molecule has 2 atom stereocenters. The molecular weight excluding hydrogens is 144 g/mol. The first-order valence-electron chi connectivity index (χ1n) is 3.33. The molecule has 0 saturated heterocycles. The van der Waals surface area contributed by atoms with Crippen LogP contribution in [-0.4, -0.2) is 24.7 Å². The summed E-state index contributed by atoms with van der Waals surface area (Å²) >= 11 is 0. The Morgan fingerprint density at radius 2 is 1.91 bits per heavy atom. The van der Waals surface area contributed by atoms with E-state index in [0.717, 1.165) is 0 Å². The molecule has 0 aromatic carbocycles. The average molecular weight is 154 g/mol. The Hall–Kier alpha value is -1.24. The predicted octanol–water partition coefficient (Wildman–Crippen LogP) is 0.683. The Morgan fingerprint density at radius 3 is 2.36 bits per heavy atom. The third-order valence-corrected chi connectivity index (χ3v) is 1.52. The van der Waals surface area contributed by atoms with Gasteiger partial charge in [-0.1, -0.05) is 6.92 Å². The van der Waals surface area contributed by atoms with E-state index in [2.05, 4.69) is 9.98 Å². The Morgan fingerprint density at radius 1 is 1.27 bits per heavy atom. The van der Waals surface area contributed by atoms with Crippen molar-refractivity contribution in [1.82, 2.24) is 0 Å². The van der Waals surface area contributed by atoms with Gasteiger partial charge in [0.05, 0.1) is 12.6 Å². The van der Waals surface area contributed by atoms with Crippen molar-refractivity contribution in [3.05, 3.63) is 0 Å². The van der Waals surface area contributed by atoms with Gasteiger partial charge < -0.3 is 0 Å². The minimum atomic E-state index is -0.135. The maximum absolute atomic E-state index is 9.79. The lowest BCUT2D eigenvalue weighted by Gasteiger charge is -2.09. The third-order valence-electron chi connectivity index (χ3n) is 1.52. The molecule has 0 saturated carbocycles. The van der Waals surface area contributed by atoms with Crippen LogP contribution in [0.3, 0.4) is 0 Å². The number of rotatable bonds is 4. The van der Waals surface area contributed by atoms with Crippen molar-refractivity contribution in [2.75, 3.05) is 6.54 Å². The highest BCUT2D eigenvalue weighted by Crippen LogP contribution is 2.05. The molecule has 0 N–H and O–H groups in total. The largest absolute Gasteiger partial charge is 0.235 e. The normalized spacial score (nSPS) is 14.0. The maximum atomic E-state index is 9.79. The minimum Gasteiger partial charge on any atom is -0.211 e. The van der Waals surface area contributed by atoms with Gasteiger partial charge in [0, 0.05) is 0 Å². The van der Waals surface area contributed by atoms with E-state index >= 15 is 0 Å². The van der Waals surface area contributed by atoms with Crippen LogP contribution in [0.15, 0.2) is 9.98 Å². The summed E-state index contributed by atoms with van der Waals surface area (Å²) in [6.07, 6.45) is 2.89. The van der Waals surface area contributed by atoms with Crippen LogP contribution in [0.2, 0.25) is 0 Å². The average Bonchev–Trinajstić information content (AvgIpc) is 2.00. The SMILES string of the molecule is CC(CN=C=O)C(C)N=C=O. The van der Waals surface area contributed by atoms with Crippen molar-refractivity contribution >= 4 is 12.2 Å². The molecule has 0 radical (unpaired) electrons. The van der Waals surface area contributed by atoms with Crippen molar-refractivity contribution in [3.8, 4) is 0 Å². The molecule has 11 heavy (non-hydrogen) atoms. The molecule has 0 aliphatic carbocycles. The summed E-state index contributed by atoms with van der Waals surface area (Å²) in [7, 11) is 0. The van der Waals surface area contributed by atoms with Crippen LogP contribution in [0, 0.1) is 5.92 Å². The van der Waals surface area contributed by atoms with Gasteiger partial charge >= 0.3 is 0 Å². The first-order valence-corrected chi connectivity index (χ1v) is 3.33. The summed E-state index contributed by atoms with van der Waals surface area (Å²) in [6, 6.07) is -0.135. The summed E-state index contributed by atoms with van der Waals surface area (Å²) in [5.41, 5.74) is 0. The molecule has 0 aromatic heterocycles. The van der Waals surface area contributed by atoms with Gasteiger partial charge in [-0.2, -0.15) is 0 Å². The second-order valence-corrected chi connectivity index (χ2v) is 2.37. The van der Waals surface area contributed by atoms with Gasteiger partial charge in [0.25, 0.3) is 0 Å². The summed E-state index contributed by atoms with van der Waals surface area (Å²) in [4.78, 5) is 26.3. The number of carbonyl (C=O) groups excluding carboxylic acids is 2. The quantitative estimate of drug-likeness (QED) is 0.441. The van der Waals surface area contributed by atoms with Crippen LogP contribution in [0.1, 0.15) is 13.8 Å². The van der Waals surface area contributed by atoms with Crippen LogP contribution < -0.4 is 0 Å². The molecule has 0 heterocycles. The second-order valence-electron chi connectivity index (χ2n) is 2.37. The van der Waals surface area contributed by atoms with Crippen molar-refractivity contribution in [2.45, 2.75) is 19.9 Å². The van der Waals surface area contributed by atoms with Crippen LogP contribution in [0.25, 0.3) is 0 Å². The standard InChI is InChI=1S/C7H10N2O2/c1-6(3-8-4-10)7(2)9-5-11/h6-7H,3H2,1-2H3. The van der Waals surface area contributed by atoms with Gasteiger partial charge in [-0.25, -0.2) is 19.6 Å². The van der Waals surface area contributed by atoms with Gasteiger partial charge in [0.15, 0.2) is 0 Å². The Balaban J connectivity index is 3.90. The topological polar surface area (TPSA) is 58.9 Å². The zero-order valence-electron chi connectivity index (χ0n) is 6.57. The van der Waals surface area contributed by atoms with Crippen molar-refractivity contribution in [1.29, 1.82) is 0 Å². The molecule has 0 aliphatic heterocycles. The van der Waals surface area contributed by atoms with E-state index in [-0.39, 0.29) is 12.0 Å². The van der Waals surface area contributed by atoms with Gasteiger partial charge in [0.2, 0.25) is 12.2 Å². The number of aliphatic imine (C=N–C) groups is 2. The first kappa shape index (κ1) is 9.76. The lowest BCUT2D eigenvalue weighted by Crippen LogP contribution is -2.14. The Bertz CT molecular complexity index is 202. The molecule has 4 nitrogen and oxygen atoms in total. The molecular formula is C7H10N2O2. The number of isocyanates is 2.